The van der Waals surface area contributed by atoms with E-state index in [1.807, 2.05) is 31.2 Å². The van der Waals surface area contributed by atoms with E-state index in [2.05, 4.69) is 15.3 Å². The fourth-order valence-corrected chi connectivity index (χ4v) is 3.09. The summed E-state index contributed by atoms with van der Waals surface area (Å²) in [5, 5.41) is 3.68. The highest BCUT2D eigenvalue weighted by Gasteiger charge is 2.13. The van der Waals surface area contributed by atoms with Crippen LogP contribution in [0.25, 0.3) is 11.3 Å². The summed E-state index contributed by atoms with van der Waals surface area (Å²) in [5.74, 6) is 0.518. The van der Waals surface area contributed by atoms with Crippen LogP contribution in [0.1, 0.15) is 15.2 Å². The fourth-order valence-electron chi connectivity index (χ4n) is 2.15. The third kappa shape index (κ3) is 3.55. The van der Waals surface area contributed by atoms with E-state index in [1.54, 1.807) is 19.2 Å². The number of pyridine rings is 1. The SMILES string of the molecule is COc1ccc(-c2nc(NC(=O)c3ccc(Cl)nc3)sc2C)cc1. The lowest BCUT2D eigenvalue weighted by molar-refractivity contribution is 0.102. The van der Waals surface area contributed by atoms with Crippen molar-refractivity contribution in [3.63, 3.8) is 0 Å². The minimum atomic E-state index is -0.269. The number of nitrogens with zero attached hydrogens (tertiary/aromatic N) is 2. The van der Waals surface area contributed by atoms with E-state index in [0.29, 0.717) is 15.8 Å². The second-order valence-corrected chi connectivity index (χ2v) is 6.57. The van der Waals surface area contributed by atoms with Crippen LogP contribution in [0.3, 0.4) is 0 Å². The quantitative estimate of drug-likeness (QED) is 0.700. The van der Waals surface area contributed by atoms with E-state index in [9.17, 15) is 4.79 Å². The number of thiazole rings is 1. The van der Waals surface area contributed by atoms with Gasteiger partial charge in [-0.05, 0) is 43.3 Å². The molecule has 0 radical (unpaired) electrons. The van der Waals surface area contributed by atoms with Crippen molar-refractivity contribution >= 4 is 34.0 Å². The number of halogens is 1. The Kier molecular flexibility index (Phi) is 4.78. The smallest absolute Gasteiger partial charge is 0.259 e. The Hall–Kier alpha value is -2.44. The van der Waals surface area contributed by atoms with Crippen LogP contribution in [0.15, 0.2) is 42.6 Å². The summed E-state index contributed by atoms with van der Waals surface area (Å²) in [6, 6.07) is 10.8. The molecule has 1 amide bonds. The van der Waals surface area contributed by atoms with E-state index in [-0.39, 0.29) is 5.91 Å². The molecule has 3 rings (SSSR count). The lowest BCUT2D eigenvalue weighted by Crippen LogP contribution is -2.11. The van der Waals surface area contributed by atoms with Crippen LogP contribution < -0.4 is 10.1 Å². The van der Waals surface area contributed by atoms with Gasteiger partial charge in [0, 0.05) is 16.6 Å². The van der Waals surface area contributed by atoms with Gasteiger partial charge in [0.05, 0.1) is 18.4 Å². The van der Waals surface area contributed by atoms with E-state index < -0.39 is 0 Å². The number of aryl methyl sites for hydroxylation is 1. The Morgan fingerprint density at radius 1 is 1.21 bits per heavy atom. The van der Waals surface area contributed by atoms with Crippen LogP contribution >= 0.6 is 22.9 Å². The molecule has 122 valence electrons. The minimum Gasteiger partial charge on any atom is -0.497 e. The molecule has 1 aromatic carbocycles. The predicted octanol–water partition coefficient (Wildman–Crippen LogP) is 4.43. The summed E-state index contributed by atoms with van der Waals surface area (Å²) in [6.45, 7) is 1.97. The maximum Gasteiger partial charge on any atom is 0.259 e. The van der Waals surface area contributed by atoms with Gasteiger partial charge < -0.3 is 4.74 Å². The zero-order chi connectivity index (χ0) is 17.1. The van der Waals surface area contributed by atoms with Crippen LogP contribution in [-0.2, 0) is 0 Å². The number of hydrogen-bond donors (Lipinski definition) is 1. The molecule has 0 atom stereocenters. The zero-order valence-electron chi connectivity index (χ0n) is 13.0. The molecule has 7 heteroatoms. The molecule has 2 heterocycles. The van der Waals surface area contributed by atoms with Gasteiger partial charge >= 0.3 is 0 Å². The summed E-state index contributed by atoms with van der Waals surface area (Å²) in [7, 11) is 1.63. The van der Waals surface area contributed by atoms with E-state index in [1.165, 1.54) is 17.5 Å². The van der Waals surface area contributed by atoms with Gasteiger partial charge in [-0.2, -0.15) is 0 Å². The molecule has 0 aliphatic heterocycles. The number of rotatable bonds is 4. The maximum atomic E-state index is 12.2. The van der Waals surface area contributed by atoms with Crippen molar-refractivity contribution in [2.75, 3.05) is 12.4 Å². The molecule has 0 saturated carbocycles. The summed E-state index contributed by atoms with van der Waals surface area (Å²) in [5.41, 5.74) is 2.24. The van der Waals surface area contributed by atoms with Crippen LogP contribution in [0.2, 0.25) is 5.15 Å². The second-order valence-electron chi connectivity index (χ2n) is 4.98. The highest BCUT2D eigenvalue weighted by Crippen LogP contribution is 2.31. The van der Waals surface area contributed by atoms with Gasteiger partial charge in [0.2, 0.25) is 0 Å². The number of carbonyl (C=O) groups excluding carboxylic acids is 1. The van der Waals surface area contributed by atoms with Crippen molar-refractivity contribution in [2.45, 2.75) is 6.92 Å². The van der Waals surface area contributed by atoms with Gasteiger partial charge in [-0.25, -0.2) is 9.97 Å². The van der Waals surface area contributed by atoms with Crippen molar-refractivity contribution in [3.8, 4) is 17.0 Å². The summed E-state index contributed by atoms with van der Waals surface area (Å²) in [6.07, 6.45) is 1.43. The highest BCUT2D eigenvalue weighted by atomic mass is 35.5. The second kappa shape index (κ2) is 6.98. The van der Waals surface area contributed by atoms with Gasteiger partial charge in [0.15, 0.2) is 5.13 Å². The number of ether oxygens (including phenoxy) is 1. The number of methoxy groups -OCH3 is 1. The lowest BCUT2D eigenvalue weighted by Gasteiger charge is -2.02. The Balaban J connectivity index is 1.80. The minimum absolute atomic E-state index is 0.269. The molecule has 0 bridgehead atoms. The molecule has 3 aromatic rings. The summed E-state index contributed by atoms with van der Waals surface area (Å²) >= 11 is 7.15. The van der Waals surface area contributed by atoms with Gasteiger partial charge in [0.1, 0.15) is 10.9 Å². The van der Waals surface area contributed by atoms with Crippen molar-refractivity contribution in [3.05, 3.63) is 58.2 Å². The normalized spacial score (nSPS) is 10.5. The van der Waals surface area contributed by atoms with E-state index in [4.69, 9.17) is 16.3 Å². The average Bonchev–Trinajstić information content (AvgIpc) is 2.95. The number of anilines is 1. The molecule has 5 nitrogen and oxygen atoms in total. The Bertz CT molecular complexity index is 861. The number of nitrogens with one attached hydrogen (secondary N) is 1. The molecule has 0 saturated heterocycles. The summed E-state index contributed by atoms with van der Waals surface area (Å²) in [4.78, 5) is 21.7. The monoisotopic (exact) mass is 359 g/mol. The maximum absolute atomic E-state index is 12.2. The first-order valence-corrected chi connectivity index (χ1v) is 8.31. The van der Waals surface area contributed by atoms with E-state index >= 15 is 0 Å². The first kappa shape index (κ1) is 16.4. The number of aromatic nitrogens is 2. The first-order valence-electron chi connectivity index (χ1n) is 7.11. The Labute approximate surface area is 148 Å². The molecule has 0 aliphatic rings. The van der Waals surface area contributed by atoms with E-state index in [0.717, 1.165) is 21.9 Å². The third-order valence-electron chi connectivity index (χ3n) is 3.37. The largest absolute Gasteiger partial charge is 0.497 e. The standard InChI is InChI=1S/C17H14ClN3O2S/c1-10-15(11-3-6-13(23-2)7-4-11)20-17(24-10)21-16(22)12-5-8-14(18)19-9-12/h3-9H,1-2H3,(H,20,21,22). The van der Waals surface area contributed by atoms with Crippen molar-refractivity contribution in [1.82, 2.24) is 9.97 Å². The molecule has 2 aromatic heterocycles. The molecular weight excluding hydrogens is 346 g/mol. The highest BCUT2D eigenvalue weighted by molar-refractivity contribution is 7.16. The Morgan fingerprint density at radius 3 is 2.58 bits per heavy atom. The van der Waals surface area contributed by atoms with Gasteiger partial charge in [0.25, 0.3) is 5.91 Å². The van der Waals surface area contributed by atoms with Crippen LogP contribution in [0.4, 0.5) is 5.13 Å². The molecule has 0 aliphatic carbocycles. The molecule has 24 heavy (non-hydrogen) atoms. The van der Waals surface area contributed by atoms with Gasteiger partial charge in [-0.1, -0.05) is 11.6 Å². The number of amides is 1. The van der Waals surface area contributed by atoms with Crippen LogP contribution in [0.5, 0.6) is 5.75 Å². The number of benzene rings is 1. The number of carbonyl (C=O) groups is 1. The van der Waals surface area contributed by atoms with Gasteiger partial charge in [-0.15, -0.1) is 11.3 Å². The number of hydrogen-bond acceptors (Lipinski definition) is 5. The van der Waals surface area contributed by atoms with Gasteiger partial charge in [-0.3, -0.25) is 10.1 Å². The molecule has 0 spiro atoms. The molecule has 1 N–H and O–H groups in total. The lowest BCUT2D eigenvalue weighted by atomic mass is 10.1. The fraction of sp³-hybridized carbons (Fsp3) is 0.118. The predicted molar refractivity (Wildman–Crippen MR) is 96.0 cm³/mol. The van der Waals surface area contributed by atoms with Crippen molar-refractivity contribution in [1.29, 1.82) is 0 Å². The van der Waals surface area contributed by atoms with Crippen molar-refractivity contribution < 1.29 is 9.53 Å². The Morgan fingerprint density at radius 2 is 1.96 bits per heavy atom. The summed E-state index contributed by atoms with van der Waals surface area (Å²) < 4.78 is 5.16. The average molecular weight is 360 g/mol. The van der Waals surface area contributed by atoms with Crippen LogP contribution in [0, 0.1) is 6.92 Å². The molecule has 0 unspecified atom stereocenters. The first-order chi connectivity index (χ1) is 11.6. The van der Waals surface area contributed by atoms with Crippen LogP contribution in [-0.4, -0.2) is 23.0 Å². The van der Waals surface area contributed by atoms with Crippen molar-refractivity contribution in [2.24, 2.45) is 0 Å². The molecule has 0 fully saturated rings. The topological polar surface area (TPSA) is 64.1 Å². The zero-order valence-corrected chi connectivity index (χ0v) is 14.6. The third-order valence-corrected chi connectivity index (χ3v) is 4.48. The molecular formula is C17H14ClN3O2S.